The standard InChI is InChI=1S/C16H30O2/c1-4-6-7-8-9-10-11-12-13-15(5-2)16(18)14(3)17/h5,14,17H,4,6-13H2,1-3H3/b15-5+. The predicted molar refractivity (Wildman–Crippen MR) is 77.7 cm³/mol. The van der Waals surface area contributed by atoms with Gasteiger partial charge in [0, 0.05) is 0 Å². The molecule has 0 heterocycles. The zero-order chi connectivity index (χ0) is 13.8. The highest BCUT2D eigenvalue weighted by Gasteiger charge is 2.13. The first kappa shape index (κ1) is 17.4. The molecule has 0 fully saturated rings. The molecular formula is C16H30O2. The molecular weight excluding hydrogens is 224 g/mol. The minimum absolute atomic E-state index is 0.111. The lowest BCUT2D eigenvalue weighted by molar-refractivity contribution is -0.122. The molecule has 0 radical (unpaired) electrons. The maximum Gasteiger partial charge on any atom is 0.186 e. The van der Waals surface area contributed by atoms with E-state index < -0.39 is 6.10 Å². The van der Waals surface area contributed by atoms with E-state index in [1.54, 1.807) is 6.92 Å². The molecule has 0 saturated carbocycles. The molecule has 0 aromatic rings. The van der Waals surface area contributed by atoms with Crippen LogP contribution in [0, 0.1) is 0 Å². The van der Waals surface area contributed by atoms with Crippen molar-refractivity contribution >= 4 is 5.78 Å². The lowest BCUT2D eigenvalue weighted by Gasteiger charge is -2.08. The Hall–Kier alpha value is -0.630. The molecule has 2 heteroatoms. The Labute approximate surface area is 112 Å². The average molecular weight is 254 g/mol. The normalized spacial score (nSPS) is 13.7. The van der Waals surface area contributed by atoms with Gasteiger partial charge in [0.2, 0.25) is 0 Å². The number of ketones is 1. The number of unbranched alkanes of at least 4 members (excludes halogenated alkanes) is 7. The third kappa shape index (κ3) is 8.46. The molecule has 0 saturated heterocycles. The summed E-state index contributed by atoms with van der Waals surface area (Å²) in [4.78, 5) is 11.6. The van der Waals surface area contributed by atoms with Crippen LogP contribution in [0.25, 0.3) is 0 Å². The van der Waals surface area contributed by atoms with Crippen molar-refractivity contribution in [3.8, 4) is 0 Å². The van der Waals surface area contributed by atoms with Crippen molar-refractivity contribution in [1.29, 1.82) is 0 Å². The molecule has 1 unspecified atom stereocenters. The Morgan fingerprint density at radius 1 is 1.06 bits per heavy atom. The number of carbonyl (C=O) groups excluding carboxylic acids is 1. The fourth-order valence-corrected chi connectivity index (χ4v) is 2.13. The van der Waals surface area contributed by atoms with E-state index in [0.29, 0.717) is 0 Å². The van der Waals surface area contributed by atoms with Crippen LogP contribution in [0.5, 0.6) is 0 Å². The summed E-state index contributed by atoms with van der Waals surface area (Å²) in [6.45, 7) is 5.65. The largest absolute Gasteiger partial charge is 0.385 e. The van der Waals surface area contributed by atoms with Crippen molar-refractivity contribution in [2.75, 3.05) is 0 Å². The SMILES string of the molecule is C/C=C(\CCCCCCCCCC)C(=O)C(C)O. The first-order valence-electron chi connectivity index (χ1n) is 7.51. The van der Waals surface area contributed by atoms with Crippen LogP contribution in [-0.4, -0.2) is 17.0 Å². The van der Waals surface area contributed by atoms with Gasteiger partial charge in [-0.15, -0.1) is 0 Å². The molecule has 0 spiro atoms. The molecule has 1 N–H and O–H groups in total. The Morgan fingerprint density at radius 2 is 1.56 bits per heavy atom. The molecule has 0 bridgehead atoms. The van der Waals surface area contributed by atoms with Crippen molar-refractivity contribution in [2.45, 2.75) is 84.7 Å². The highest BCUT2D eigenvalue weighted by molar-refractivity contribution is 5.98. The van der Waals surface area contributed by atoms with Gasteiger partial charge < -0.3 is 5.11 Å². The van der Waals surface area contributed by atoms with Crippen LogP contribution < -0.4 is 0 Å². The molecule has 0 aliphatic rings. The van der Waals surface area contributed by atoms with Crippen LogP contribution in [-0.2, 0) is 4.79 Å². The van der Waals surface area contributed by atoms with Crippen LogP contribution >= 0.6 is 0 Å². The van der Waals surface area contributed by atoms with Gasteiger partial charge in [0.25, 0.3) is 0 Å². The van der Waals surface area contributed by atoms with Crippen LogP contribution in [0.4, 0.5) is 0 Å². The first-order chi connectivity index (χ1) is 8.63. The van der Waals surface area contributed by atoms with Crippen LogP contribution in [0.3, 0.4) is 0 Å². The van der Waals surface area contributed by atoms with Gasteiger partial charge in [-0.1, -0.05) is 57.9 Å². The lowest BCUT2D eigenvalue weighted by atomic mass is 9.99. The summed E-state index contributed by atoms with van der Waals surface area (Å²) in [6.07, 6.45) is 12.0. The number of hydrogen-bond acceptors (Lipinski definition) is 2. The summed E-state index contributed by atoms with van der Waals surface area (Å²) in [7, 11) is 0. The van der Waals surface area contributed by atoms with E-state index >= 15 is 0 Å². The van der Waals surface area contributed by atoms with Gasteiger partial charge >= 0.3 is 0 Å². The Morgan fingerprint density at radius 3 is 2.00 bits per heavy atom. The number of hydrogen-bond donors (Lipinski definition) is 1. The second-order valence-electron chi connectivity index (χ2n) is 5.08. The predicted octanol–water partition coefficient (Wildman–Crippen LogP) is 4.41. The lowest BCUT2D eigenvalue weighted by Crippen LogP contribution is -2.18. The number of carbonyl (C=O) groups is 1. The Balaban J connectivity index is 3.55. The number of aliphatic hydroxyl groups excluding tert-OH is 1. The fourth-order valence-electron chi connectivity index (χ4n) is 2.13. The number of aliphatic hydroxyl groups is 1. The quantitative estimate of drug-likeness (QED) is 0.438. The van der Waals surface area contributed by atoms with Crippen molar-refractivity contribution in [3.05, 3.63) is 11.6 Å². The van der Waals surface area contributed by atoms with E-state index in [1.165, 1.54) is 44.9 Å². The topological polar surface area (TPSA) is 37.3 Å². The Bertz CT molecular complexity index is 241. The summed E-state index contributed by atoms with van der Waals surface area (Å²) >= 11 is 0. The van der Waals surface area contributed by atoms with Gasteiger partial charge in [-0.2, -0.15) is 0 Å². The van der Waals surface area contributed by atoms with Gasteiger partial charge in [-0.05, 0) is 32.3 Å². The molecule has 106 valence electrons. The number of rotatable bonds is 11. The Kier molecular flexibility index (Phi) is 11.1. The van der Waals surface area contributed by atoms with E-state index in [2.05, 4.69) is 6.92 Å². The van der Waals surface area contributed by atoms with Gasteiger partial charge in [0.15, 0.2) is 5.78 Å². The van der Waals surface area contributed by atoms with Crippen molar-refractivity contribution in [1.82, 2.24) is 0 Å². The first-order valence-corrected chi connectivity index (χ1v) is 7.51. The van der Waals surface area contributed by atoms with Crippen molar-refractivity contribution in [3.63, 3.8) is 0 Å². The molecule has 0 amide bonds. The van der Waals surface area contributed by atoms with E-state index in [0.717, 1.165) is 18.4 Å². The maximum atomic E-state index is 11.6. The summed E-state index contributed by atoms with van der Waals surface area (Å²) in [5.41, 5.74) is 0.788. The van der Waals surface area contributed by atoms with E-state index in [4.69, 9.17) is 0 Å². The monoisotopic (exact) mass is 254 g/mol. The number of Topliss-reactive ketones (excluding diaryl/α,β-unsaturated/α-hetero) is 1. The van der Waals surface area contributed by atoms with Crippen LogP contribution in [0.1, 0.15) is 78.6 Å². The van der Waals surface area contributed by atoms with Gasteiger partial charge in [0.1, 0.15) is 6.10 Å². The average Bonchev–Trinajstić information content (AvgIpc) is 2.36. The summed E-state index contributed by atoms with van der Waals surface area (Å²) in [5.74, 6) is -0.111. The molecule has 1 atom stereocenters. The van der Waals surface area contributed by atoms with E-state index in [9.17, 15) is 9.90 Å². The second kappa shape index (κ2) is 11.5. The third-order valence-corrected chi connectivity index (χ3v) is 3.34. The maximum absolute atomic E-state index is 11.6. The molecule has 0 aromatic carbocycles. The van der Waals surface area contributed by atoms with Crippen molar-refractivity contribution in [2.24, 2.45) is 0 Å². The number of allylic oxidation sites excluding steroid dienone is 1. The zero-order valence-electron chi connectivity index (χ0n) is 12.4. The highest BCUT2D eigenvalue weighted by atomic mass is 16.3. The molecule has 0 rings (SSSR count). The second-order valence-corrected chi connectivity index (χ2v) is 5.08. The smallest absolute Gasteiger partial charge is 0.186 e. The van der Waals surface area contributed by atoms with Crippen LogP contribution in [0.2, 0.25) is 0 Å². The third-order valence-electron chi connectivity index (χ3n) is 3.34. The van der Waals surface area contributed by atoms with E-state index in [1.807, 2.05) is 13.0 Å². The molecule has 18 heavy (non-hydrogen) atoms. The summed E-state index contributed by atoms with van der Waals surface area (Å²) < 4.78 is 0. The van der Waals surface area contributed by atoms with Crippen molar-refractivity contribution < 1.29 is 9.90 Å². The molecule has 0 aliphatic carbocycles. The molecule has 2 nitrogen and oxygen atoms in total. The van der Waals surface area contributed by atoms with Crippen LogP contribution in [0.15, 0.2) is 11.6 Å². The summed E-state index contributed by atoms with van der Waals surface area (Å²) in [5, 5.41) is 9.26. The van der Waals surface area contributed by atoms with Gasteiger partial charge in [-0.3, -0.25) is 4.79 Å². The van der Waals surface area contributed by atoms with Gasteiger partial charge in [-0.25, -0.2) is 0 Å². The fraction of sp³-hybridized carbons (Fsp3) is 0.812. The molecule has 0 aromatic heterocycles. The summed E-state index contributed by atoms with van der Waals surface area (Å²) in [6, 6.07) is 0. The minimum atomic E-state index is -0.856. The van der Waals surface area contributed by atoms with Gasteiger partial charge in [0.05, 0.1) is 0 Å². The van der Waals surface area contributed by atoms with E-state index in [-0.39, 0.29) is 5.78 Å². The highest BCUT2D eigenvalue weighted by Crippen LogP contribution is 2.14. The molecule has 0 aliphatic heterocycles. The minimum Gasteiger partial charge on any atom is -0.385 e. The zero-order valence-corrected chi connectivity index (χ0v) is 12.4.